The highest BCUT2D eigenvalue weighted by atomic mass is 32.2. The second kappa shape index (κ2) is 8.27. The Bertz CT molecular complexity index is 500. The van der Waals surface area contributed by atoms with Gasteiger partial charge in [-0.05, 0) is 37.1 Å². The zero-order valence-corrected chi connectivity index (χ0v) is 13.4. The molecule has 0 aliphatic carbocycles. The highest BCUT2D eigenvalue weighted by molar-refractivity contribution is 7.91. The molecule has 0 heterocycles. The van der Waals surface area contributed by atoms with E-state index in [2.05, 4.69) is 12.2 Å². The summed E-state index contributed by atoms with van der Waals surface area (Å²) in [4.78, 5) is 0. The molecule has 1 rings (SSSR count). The van der Waals surface area contributed by atoms with Gasteiger partial charge in [0.1, 0.15) is 5.75 Å². The fourth-order valence-electron chi connectivity index (χ4n) is 2.10. The fraction of sp³-hybridized carbons (Fsp3) is 0.600. The first kappa shape index (κ1) is 17.0. The molecule has 0 bridgehead atoms. The van der Waals surface area contributed by atoms with Crippen molar-refractivity contribution >= 4 is 9.84 Å². The van der Waals surface area contributed by atoms with Crippen molar-refractivity contribution < 1.29 is 13.2 Å². The van der Waals surface area contributed by atoms with Gasteiger partial charge < -0.3 is 10.1 Å². The number of hydrogen-bond acceptors (Lipinski definition) is 4. The SMILES string of the molecule is CCCNC(CS(=O)(=O)CCC)c1cccc(OC)c1. The molecule has 1 N–H and O–H groups in total. The smallest absolute Gasteiger partial charge is 0.152 e. The largest absolute Gasteiger partial charge is 0.497 e. The van der Waals surface area contributed by atoms with E-state index in [1.165, 1.54) is 0 Å². The molecule has 1 unspecified atom stereocenters. The van der Waals surface area contributed by atoms with Gasteiger partial charge in [0.2, 0.25) is 0 Å². The van der Waals surface area contributed by atoms with Crippen LogP contribution < -0.4 is 10.1 Å². The molecule has 0 aliphatic rings. The lowest BCUT2D eigenvalue weighted by Crippen LogP contribution is -2.29. The summed E-state index contributed by atoms with van der Waals surface area (Å²) in [6.07, 6.45) is 1.62. The maximum atomic E-state index is 12.1. The molecule has 0 fully saturated rings. The Morgan fingerprint density at radius 1 is 1.25 bits per heavy atom. The number of nitrogens with one attached hydrogen (secondary N) is 1. The first-order chi connectivity index (χ1) is 9.52. The second-order valence-electron chi connectivity index (χ2n) is 4.90. The Labute approximate surface area is 122 Å². The minimum absolute atomic E-state index is 0.133. The molecule has 0 saturated carbocycles. The minimum atomic E-state index is -3.03. The van der Waals surface area contributed by atoms with Crippen LogP contribution in [0.15, 0.2) is 24.3 Å². The monoisotopic (exact) mass is 299 g/mol. The van der Waals surface area contributed by atoms with Gasteiger partial charge in [0.05, 0.1) is 12.9 Å². The van der Waals surface area contributed by atoms with Crippen LogP contribution in [0.25, 0.3) is 0 Å². The molecule has 114 valence electrons. The molecule has 0 aromatic heterocycles. The Kier molecular flexibility index (Phi) is 7.02. The van der Waals surface area contributed by atoms with Crippen LogP contribution in [0.5, 0.6) is 5.75 Å². The molecule has 0 spiro atoms. The summed E-state index contributed by atoms with van der Waals surface area (Å²) in [7, 11) is -1.42. The van der Waals surface area contributed by atoms with Gasteiger partial charge in [-0.25, -0.2) is 8.42 Å². The highest BCUT2D eigenvalue weighted by Gasteiger charge is 2.20. The lowest BCUT2D eigenvalue weighted by molar-refractivity contribution is 0.413. The molecule has 1 aromatic carbocycles. The molecule has 0 radical (unpaired) electrons. The van der Waals surface area contributed by atoms with Gasteiger partial charge in [-0.15, -0.1) is 0 Å². The number of hydrogen-bond donors (Lipinski definition) is 1. The molecule has 1 aromatic rings. The Morgan fingerprint density at radius 2 is 2.00 bits per heavy atom. The molecular weight excluding hydrogens is 274 g/mol. The minimum Gasteiger partial charge on any atom is -0.497 e. The van der Waals surface area contributed by atoms with E-state index in [0.717, 1.165) is 24.3 Å². The van der Waals surface area contributed by atoms with Crippen LogP contribution in [0.1, 0.15) is 38.3 Å². The van der Waals surface area contributed by atoms with Gasteiger partial charge in [-0.1, -0.05) is 26.0 Å². The van der Waals surface area contributed by atoms with E-state index in [4.69, 9.17) is 4.74 Å². The van der Waals surface area contributed by atoms with Gasteiger partial charge in [0.25, 0.3) is 0 Å². The number of sulfone groups is 1. The van der Waals surface area contributed by atoms with E-state index in [1.54, 1.807) is 7.11 Å². The van der Waals surface area contributed by atoms with Gasteiger partial charge in [-0.3, -0.25) is 0 Å². The maximum Gasteiger partial charge on any atom is 0.152 e. The van der Waals surface area contributed by atoms with Gasteiger partial charge in [-0.2, -0.15) is 0 Å². The third-order valence-electron chi connectivity index (χ3n) is 3.07. The lowest BCUT2D eigenvalue weighted by Gasteiger charge is -2.19. The standard InChI is InChI=1S/C15H25NO3S/c1-4-9-16-15(12-20(17,18)10-5-2)13-7-6-8-14(11-13)19-3/h6-8,11,15-16H,4-5,9-10,12H2,1-3H3. The van der Waals surface area contributed by atoms with Crippen LogP contribution in [0.2, 0.25) is 0 Å². The summed E-state index contributed by atoms with van der Waals surface area (Å²) >= 11 is 0. The van der Waals surface area contributed by atoms with Crippen LogP contribution in [0, 0.1) is 0 Å². The lowest BCUT2D eigenvalue weighted by atomic mass is 10.1. The molecular formula is C15H25NO3S. The third kappa shape index (κ3) is 5.51. The average molecular weight is 299 g/mol. The van der Waals surface area contributed by atoms with Crippen LogP contribution in [0.3, 0.4) is 0 Å². The van der Waals surface area contributed by atoms with Crippen LogP contribution in [0.4, 0.5) is 0 Å². The van der Waals surface area contributed by atoms with E-state index in [9.17, 15) is 8.42 Å². The highest BCUT2D eigenvalue weighted by Crippen LogP contribution is 2.21. The number of rotatable bonds is 9. The molecule has 0 saturated heterocycles. The second-order valence-corrected chi connectivity index (χ2v) is 7.13. The predicted octanol–water partition coefficient (Wildman–Crippen LogP) is 2.56. The van der Waals surface area contributed by atoms with Crippen LogP contribution in [-0.4, -0.2) is 33.6 Å². The Balaban J connectivity index is 2.93. The van der Waals surface area contributed by atoms with Gasteiger partial charge in [0, 0.05) is 11.8 Å². The molecule has 4 nitrogen and oxygen atoms in total. The average Bonchev–Trinajstić information content (AvgIpc) is 2.43. The van der Waals surface area contributed by atoms with Crippen molar-refractivity contribution in [2.45, 2.75) is 32.7 Å². The third-order valence-corrected chi connectivity index (χ3v) is 4.94. The topological polar surface area (TPSA) is 55.4 Å². The molecule has 1 atom stereocenters. The molecule has 0 amide bonds. The number of methoxy groups -OCH3 is 1. The predicted molar refractivity (Wildman–Crippen MR) is 83.0 cm³/mol. The summed E-state index contributed by atoms with van der Waals surface area (Å²) in [5.41, 5.74) is 0.956. The van der Waals surface area contributed by atoms with Crippen molar-refractivity contribution in [3.05, 3.63) is 29.8 Å². The summed E-state index contributed by atoms with van der Waals surface area (Å²) in [5, 5.41) is 3.32. The Hall–Kier alpha value is -1.07. The van der Waals surface area contributed by atoms with Crippen LogP contribution >= 0.6 is 0 Å². The van der Waals surface area contributed by atoms with Crippen molar-refractivity contribution in [3.63, 3.8) is 0 Å². The van der Waals surface area contributed by atoms with Gasteiger partial charge >= 0.3 is 0 Å². The normalized spacial score (nSPS) is 13.2. The van der Waals surface area contributed by atoms with Crippen LogP contribution in [-0.2, 0) is 9.84 Å². The van der Waals surface area contributed by atoms with Gasteiger partial charge in [0.15, 0.2) is 9.84 Å². The molecule has 20 heavy (non-hydrogen) atoms. The maximum absolute atomic E-state index is 12.1. The first-order valence-electron chi connectivity index (χ1n) is 7.10. The zero-order valence-electron chi connectivity index (χ0n) is 12.6. The Morgan fingerprint density at radius 3 is 2.60 bits per heavy atom. The van der Waals surface area contributed by atoms with E-state index in [0.29, 0.717) is 6.42 Å². The first-order valence-corrected chi connectivity index (χ1v) is 8.92. The number of benzene rings is 1. The van der Waals surface area contributed by atoms with Crippen molar-refractivity contribution in [2.75, 3.05) is 25.2 Å². The van der Waals surface area contributed by atoms with Crippen molar-refractivity contribution in [1.82, 2.24) is 5.32 Å². The van der Waals surface area contributed by atoms with E-state index >= 15 is 0 Å². The van der Waals surface area contributed by atoms with E-state index in [1.807, 2.05) is 31.2 Å². The van der Waals surface area contributed by atoms with Crippen molar-refractivity contribution in [2.24, 2.45) is 0 Å². The fourth-order valence-corrected chi connectivity index (χ4v) is 3.70. The summed E-state index contributed by atoms with van der Waals surface area (Å²) in [6.45, 7) is 4.75. The summed E-state index contributed by atoms with van der Waals surface area (Å²) < 4.78 is 29.3. The zero-order chi connectivity index (χ0) is 15.0. The van der Waals surface area contributed by atoms with E-state index in [-0.39, 0.29) is 17.5 Å². The van der Waals surface area contributed by atoms with Crippen molar-refractivity contribution in [1.29, 1.82) is 0 Å². The van der Waals surface area contributed by atoms with Crippen molar-refractivity contribution in [3.8, 4) is 5.75 Å². The number of ether oxygens (including phenoxy) is 1. The summed E-state index contributed by atoms with van der Waals surface area (Å²) in [6, 6.07) is 7.41. The molecule has 5 heteroatoms. The quantitative estimate of drug-likeness (QED) is 0.761. The summed E-state index contributed by atoms with van der Waals surface area (Å²) in [5.74, 6) is 1.12. The van der Waals surface area contributed by atoms with E-state index < -0.39 is 9.84 Å². The molecule has 0 aliphatic heterocycles.